The van der Waals surface area contributed by atoms with E-state index in [0.29, 0.717) is 5.92 Å². The number of carbonyl (C=O) groups excluding carboxylic acids is 1. The van der Waals surface area contributed by atoms with Gasteiger partial charge in [0.1, 0.15) is 5.75 Å². The molecule has 0 heterocycles. The van der Waals surface area contributed by atoms with Crippen LogP contribution < -0.4 is 15.4 Å². The first kappa shape index (κ1) is 14.2. The molecule has 2 amide bonds. The van der Waals surface area contributed by atoms with Crippen LogP contribution in [0.1, 0.15) is 32.6 Å². The summed E-state index contributed by atoms with van der Waals surface area (Å²) in [5.74, 6) is 3.18. The summed E-state index contributed by atoms with van der Waals surface area (Å²) >= 11 is 0. The Morgan fingerprint density at radius 3 is 2.57 bits per heavy atom. The molecule has 0 saturated heterocycles. The highest BCUT2D eigenvalue weighted by Gasteiger charge is 2.42. The number of fused-ring (bicyclic) bond motifs is 2. The van der Waals surface area contributed by atoms with Crippen molar-refractivity contribution in [1.29, 1.82) is 0 Å². The molecule has 1 aromatic rings. The molecule has 2 bridgehead atoms. The molecule has 0 unspecified atom stereocenters. The van der Waals surface area contributed by atoms with E-state index in [1.54, 1.807) is 7.11 Å². The van der Waals surface area contributed by atoms with Gasteiger partial charge in [-0.25, -0.2) is 4.79 Å². The van der Waals surface area contributed by atoms with Crippen molar-refractivity contribution in [3.63, 3.8) is 0 Å². The lowest BCUT2D eigenvalue weighted by atomic mass is 9.84. The van der Waals surface area contributed by atoms with Crippen LogP contribution in [0.15, 0.2) is 24.3 Å². The van der Waals surface area contributed by atoms with Crippen molar-refractivity contribution in [2.24, 2.45) is 17.8 Å². The Morgan fingerprint density at radius 2 is 2.00 bits per heavy atom. The zero-order valence-electron chi connectivity index (χ0n) is 12.8. The molecule has 0 aliphatic heterocycles. The number of hydrogen-bond acceptors (Lipinski definition) is 2. The molecule has 21 heavy (non-hydrogen) atoms. The summed E-state index contributed by atoms with van der Waals surface area (Å²) in [4.78, 5) is 12.1. The first-order valence-corrected chi connectivity index (χ1v) is 7.87. The Balaban J connectivity index is 1.51. The van der Waals surface area contributed by atoms with Gasteiger partial charge in [-0.15, -0.1) is 0 Å². The fourth-order valence-electron chi connectivity index (χ4n) is 4.06. The number of urea groups is 1. The molecule has 2 fully saturated rings. The van der Waals surface area contributed by atoms with E-state index in [1.807, 2.05) is 24.3 Å². The SMILES string of the molecule is COc1ccc(NC(=O)N[C@H](C)[C@H]2C[C@H]3CC[C@H]2C3)cc1. The lowest BCUT2D eigenvalue weighted by Crippen LogP contribution is -2.42. The standard InChI is InChI=1S/C17H24N2O2/c1-11(16-10-12-3-4-13(16)9-12)18-17(20)19-14-5-7-15(21-2)8-6-14/h5-8,11-13,16H,3-4,9-10H2,1-2H3,(H2,18,19,20)/t11-,12+,13+,16-/m1/s1. The molecule has 4 atom stereocenters. The third-order valence-corrected chi connectivity index (χ3v) is 5.14. The summed E-state index contributed by atoms with van der Waals surface area (Å²) in [6, 6.07) is 7.51. The number of anilines is 1. The quantitative estimate of drug-likeness (QED) is 0.888. The summed E-state index contributed by atoms with van der Waals surface area (Å²) in [5, 5.41) is 5.99. The topological polar surface area (TPSA) is 50.4 Å². The molecule has 2 aliphatic rings. The van der Waals surface area contributed by atoms with Crippen LogP contribution in [0.4, 0.5) is 10.5 Å². The van der Waals surface area contributed by atoms with Crippen molar-refractivity contribution in [2.75, 3.05) is 12.4 Å². The van der Waals surface area contributed by atoms with Crippen LogP contribution in [-0.2, 0) is 0 Å². The third kappa shape index (κ3) is 3.14. The van der Waals surface area contributed by atoms with E-state index in [2.05, 4.69) is 17.6 Å². The lowest BCUT2D eigenvalue weighted by molar-refractivity contribution is 0.230. The van der Waals surface area contributed by atoms with Crippen molar-refractivity contribution in [1.82, 2.24) is 5.32 Å². The number of rotatable bonds is 4. The number of carbonyl (C=O) groups is 1. The molecule has 1 aromatic carbocycles. The molecule has 3 rings (SSSR count). The van der Waals surface area contributed by atoms with Gasteiger partial charge in [0.2, 0.25) is 0 Å². The molecule has 4 nitrogen and oxygen atoms in total. The van der Waals surface area contributed by atoms with E-state index in [9.17, 15) is 4.79 Å². The summed E-state index contributed by atoms with van der Waals surface area (Å²) < 4.78 is 5.11. The van der Waals surface area contributed by atoms with Gasteiger partial charge in [-0.1, -0.05) is 6.42 Å². The van der Waals surface area contributed by atoms with Gasteiger partial charge in [0.15, 0.2) is 0 Å². The number of nitrogens with one attached hydrogen (secondary N) is 2. The highest BCUT2D eigenvalue weighted by atomic mass is 16.5. The number of hydrogen-bond donors (Lipinski definition) is 2. The highest BCUT2D eigenvalue weighted by Crippen LogP contribution is 2.49. The van der Waals surface area contributed by atoms with E-state index < -0.39 is 0 Å². The van der Waals surface area contributed by atoms with Crippen LogP contribution >= 0.6 is 0 Å². The van der Waals surface area contributed by atoms with Gasteiger partial charge in [-0.05, 0) is 68.2 Å². The van der Waals surface area contributed by atoms with Crippen LogP contribution in [0.2, 0.25) is 0 Å². The van der Waals surface area contributed by atoms with Gasteiger partial charge in [0, 0.05) is 11.7 Å². The maximum Gasteiger partial charge on any atom is 0.319 e. The predicted octanol–water partition coefficient (Wildman–Crippen LogP) is 3.64. The van der Waals surface area contributed by atoms with Crippen LogP contribution in [-0.4, -0.2) is 19.2 Å². The van der Waals surface area contributed by atoms with Crippen LogP contribution in [0.5, 0.6) is 5.75 Å². The van der Waals surface area contributed by atoms with Crippen molar-refractivity contribution < 1.29 is 9.53 Å². The Kier molecular flexibility index (Phi) is 4.04. The largest absolute Gasteiger partial charge is 0.497 e. The molecule has 0 aromatic heterocycles. The fraction of sp³-hybridized carbons (Fsp3) is 0.588. The monoisotopic (exact) mass is 288 g/mol. The van der Waals surface area contributed by atoms with Crippen molar-refractivity contribution >= 4 is 11.7 Å². The summed E-state index contributed by atoms with van der Waals surface area (Å²) in [6.45, 7) is 2.14. The molecule has 4 heteroatoms. The average Bonchev–Trinajstić information content (AvgIpc) is 3.10. The Hall–Kier alpha value is -1.71. The van der Waals surface area contributed by atoms with Crippen LogP contribution in [0, 0.1) is 17.8 Å². The van der Waals surface area contributed by atoms with Gasteiger partial charge in [0.25, 0.3) is 0 Å². The van der Waals surface area contributed by atoms with Crippen molar-refractivity contribution in [2.45, 2.75) is 38.6 Å². The predicted molar refractivity (Wildman–Crippen MR) is 83.5 cm³/mol. The molecule has 2 aliphatic carbocycles. The van der Waals surface area contributed by atoms with Crippen LogP contribution in [0.25, 0.3) is 0 Å². The van der Waals surface area contributed by atoms with Crippen LogP contribution in [0.3, 0.4) is 0 Å². The van der Waals surface area contributed by atoms with Gasteiger partial charge in [-0.3, -0.25) is 0 Å². The molecule has 2 saturated carbocycles. The first-order chi connectivity index (χ1) is 10.2. The number of ether oxygens (including phenoxy) is 1. The average molecular weight is 288 g/mol. The first-order valence-electron chi connectivity index (χ1n) is 7.87. The highest BCUT2D eigenvalue weighted by molar-refractivity contribution is 5.89. The van der Waals surface area contributed by atoms with E-state index >= 15 is 0 Å². The molecule has 0 radical (unpaired) electrons. The van der Waals surface area contributed by atoms with E-state index in [4.69, 9.17) is 4.74 Å². The van der Waals surface area contributed by atoms with E-state index in [-0.39, 0.29) is 12.1 Å². The molecule has 114 valence electrons. The molecular formula is C17H24N2O2. The van der Waals surface area contributed by atoms with E-state index in [0.717, 1.165) is 23.3 Å². The molecule has 2 N–H and O–H groups in total. The Bertz CT molecular complexity index is 500. The molecular weight excluding hydrogens is 264 g/mol. The number of benzene rings is 1. The summed E-state index contributed by atoms with van der Waals surface area (Å²) in [6.07, 6.45) is 5.40. The third-order valence-electron chi connectivity index (χ3n) is 5.14. The van der Waals surface area contributed by atoms with E-state index in [1.165, 1.54) is 25.7 Å². The maximum atomic E-state index is 12.1. The minimum Gasteiger partial charge on any atom is -0.497 e. The van der Waals surface area contributed by atoms with Gasteiger partial charge in [-0.2, -0.15) is 0 Å². The fourth-order valence-corrected chi connectivity index (χ4v) is 4.06. The number of amides is 2. The minimum absolute atomic E-state index is 0.115. The van der Waals surface area contributed by atoms with Gasteiger partial charge in [0.05, 0.1) is 7.11 Å². The summed E-state index contributed by atoms with van der Waals surface area (Å²) in [7, 11) is 1.63. The van der Waals surface area contributed by atoms with Gasteiger partial charge >= 0.3 is 6.03 Å². The molecule has 0 spiro atoms. The van der Waals surface area contributed by atoms with Gasteiger partial charge < -0.3 is 15.4 Å². The Labute approximate surface area is 126 Å². The second kappa shape index (κ2) is 5.96. The Morgan fingerprint density at radius 1 is 1.24 bits per heavy atom. The summed E-state index contributed by atoms with van der Waals surface area (Å²) in [5.41, 5.74) is 0.786. The second-order valence-corrected chi connectivity index (χ2v) is 6.45. The maximum absolute atomic E-state index is 12.1. The second-order valence-electron chi connectivity index (χ2n) is 6.45. The zero-order valence-corrected chi connectivity index (χ0v) is 12.8. The number of methoxy groups -OCH3 is 1. The van der Waals surface area contributed by atoms with Crippen molar-refractivity contribution in [3.05, 3.63) is 24.3 Å². The zero-order chi connectivity index (χ0) is 14.8. The normalized spacial score (nSPS) is 28.2. The van der Waals surface area contributed by atoms with Crippen molar-refractivity contribution in [3.8, 4) is 5.75 Å². The lowest BCUT2D eigenvalue weighted by Gasteiger charge is -2.28. The smallest absolute Gasteiger partial charge is 0.319 e. The minimum atomic E-state index is -0.115.